The Kier molecular flexibility index (Phi) is 6.91. The van der Waals surface area contributed by atoms with Gasteiger partial charge in [-0.3, -0.25) is 4.79 Å². The maximum Gasteiger partial charge on any atom is 0.338 e. The molecule has 1 N–H and O–H groups in total. The lowest BCUT2D eigenvalue weighted by Crippen LogP contribution is -2.32. The zero-order chi connectivity index (χ0) is 20.8. The summed E-state index contributed by atoms with van der Waals surface area (Å²) in [5.74, 6) is 0.109. The van der Waals surface area contributed by atoms with E-state index < -0.39 is 12.1 Å². The van der Waals surface area contributed by atoms with E-state index in [-0.39, 0.29) is 5.91 Å². The van der Waals surface area contributed by atoms with Crippen LogP contribution in [-0.4, -0.2) is 24.6 Å². The van der Waals surface area contributed by atoms with Crippen LogP contribution in [0.4, 0.5) is 5.69 Å². The summed E-state index contributed by atoms with van der Waals surface area (Å²) in [5.41, 5.74) is 4.43. The van der Waals surface area contributed by atoms with Crippen molar-refractivity contribution in [1.29, 1.82) is 0 Å². The number of anilines is 1. The van der Waals surface area contributed by atoms with Crippen molar-refractivity contribution in [1.82, 2.24) is 0 Å². The van der Waals surface area contributed by atoms with Gasteiger partial charge in [0.15, 0.2) is 6.10 Å². The third kappa shape index (κ3) is 4.97. The zero-order valence-electron chi connectivity index (χ0n) is 17.4. The number of benzene rings is 2. The third-order valence-corrected chi connectivity index (χ3v) is 5.35. The van der Waals surface area contributed by atoms with E-state index in [9.17, 15) is 9.59 Å². The molecule has 0 fully saturated rings. The normalized spacial score (nSPS) is 13.9. The predicted octanol–water partition coefficient (Wildman–Crippen LogP) is 4.85. The molecule has 1 atom stereocenters. The van der Waals surface area contributed by atoms with E-state index >= 15 is 0 Å². The van der Waals surface area contributed by atoms with Crippen molar-refractivity contribution in [2.45, 2.75) is 59.0 Å². The molecule has 1 aliphatic carbocycles. The first kappa shape index (κ1) is 20.9. The van der Waals surface area contributed by atoms with Crippen molar-refractivity contribution in [3.05, 3.63) is 58.7 Å². The van der Waals surface area contributed by atoms with Gasteiger partial charge < -0.3 is 14.8 Å². The SMILES string of the molecule is CCOC(=O)c1cccc(NC(=O)C(CC)Oc2ccc3c(c2)CCCC3)c1C. The van der Waals surface area contributed by atoms with Gasteiger partial charge in [0, 0.05) is 5.69 Å². The van der Waals surface area contributed by atoms with Crippen LogP contribution in [0.1, 0.15) is 60.2 Å². The molecule has 0 saturated heterocycles. The number of nitrogens with one attached hydrogen (secondary N) is 1. The van der Waals surface area contributed by atoms with Gasteiger partial charge in [0.25, 0.3) is 5.91 Å². The molecule has 5 nitrogen and oxygen atoms in total. The fourth-order valence-electron chi connectivity index (χ4n) is 3.68. The highest BCUT2D eigenvalue weighted by Crippen LogP contribution is 2.27. The molecule has 1 amide bonds. The van der Waals surface area contributed by atoms with Crippen LogP contribution >= 0.6 is 0 Å². The van der Waals surface area contributed by atoms with Crippen molar-refractivity contribution in [2.75, 3.05) is 11.9 Å². The Bertz CT molecular complexity index is 890. The Balaban J connectivity index is 1.72. The van der Waals surface area contributed by atoms with Gasteiger partial charge in [0.2, 0.25) is 0 Å². The number of esters is 1. The van der Waals surface area contributed by atoms with Crippen LogP contribution in [0, 0.1) is 6.92 Å². The lowest BCUT2D eigenvalue weighted by atomic mass is 9.92. The third-order valence-electron chi connectivity index (χ3n) is 5.35. The minimum atomic E-state index is -0.609. The Morgan fingerprint density at radius 1 is 1.07 bits per heavy atom. The molecule has 0 aromatic heterocycles. The van der Waals surface area contributed by atoms with Crippen LogP contribution in [0.2, 0.25) is 0 Å². The molecular formula is C24H29NO4. The van der Waals surface area contributed by atoms with Gasteiger partial charge in [0.1, 0.15) is 5.75 Å². The second-order valence-electron chi connectivity index (χ2n) is 7.34. The first-order chi connectivity index (χ1) is 14.0. The van der Waals surface area contributed by atoms with Gasteiger partial charge >= 0.3 is 5.97 Å². The summed E-state index contributed by atoms with van der Waals surface area (Å²) in [6.07, 6.45) is 4.54. The maximum atomic E-state index is 12.8. The Hall–Kier alpha value is -2.82. The number of hydrogen-bond donors (Lipinski definition) is 1. The van der Waals surface area contributed by atoms with Crippen LogP contribution < -0.4 is 10.1 Å². The molecule has 1 aliphatic rings. The molecule has 0 bridgehead atoms. The van der Waals surface area contributed by atoms with Crippen molar-refractivity contribution >= 4 is 17.6 Å². The molecule has 0 spiro atoms. The van der Waals surface area contributed by atoms with Crippen LogP contribution in [0.5, 0.6) is 5.75 Å². The summed E-state index contributed by atoms with van der Waals surface area (Å²) in [4.78, 5) is 24.9. The standard InChI is InChI=1S/C24H29NO4/c1-4-22(29-19-14-13-17-9-6-7-10-18(17)15-19)23(26)25-21-12-8-11-20(16(21)3)24(27)28-5-2/h8,11-15,22H,4-7,9-10H2,1-3H3,(H,25,26). The van der Waals surface area contributed by atoms with Crippen molar-refractivity contribution in [2.24, 2.45) is 0 Å². The molecule has 154 valence electrons. The summed E-state index contributed by atoms with van der Waals surface area (Å²) >= 11 is 0. The second kappa shape index (κ2) is 9.59. The van der Waals surface area contributed by atoms with Gasteiger partial charge in [-0.25, -0.2) is 4.79 Å². The molecule has 29 heavy (non-hydrogen) atoms. The van der Waals surface area contributed by atoms with Crippen molar-refractivity contribution in [3.63, 3.8) is 0 Å². The largest absolute Gasteiger partial charge is 0.481 e. The molecule has 0 aliphatic heterocycles. The fraction of sp³-hybridized carbons (Fsp3) is 0.417. The Morgan fingerprint density at radius 3 is 2.55 bits per heavy atom. The first-order valence-electron chi connectivity index (χ1n) is 10.4. The fourth-order valence-corrected chi connectivity index (χ4v) is 3.68. The van der Waals surface area contributed by atoms with Crippen LogP contribution in [0.25, 0.3) is 0 Å². The maximum absolute atomic E-state index is 12.8. The summed E-state index contributed by atoms with van der Waals surface area (Å²) < 4.78 is 11.1. The molecule has 2 aromatic rings. The molecule has 2 aromatic carbocycles. The van der Waals surface area contributed by atoms with Crippen LogP contribution in [0.15, 0.2) is 36.4 Å². The topological polar surface area (TPSA) is 64.6 Å². The number of fused-ring (bicyclic) bond motifs is 1. The molecule has 1 unspecified atom stereocenters. The van der Waals surface area contributed by atoms with Crippen LogP contribution in [0.3, 0.4) is 0 Å². The molecule has 5 heteroatoms. The molecule has 0 heterocycles. The van der Waals surface area contributed by atoms with E-state index in [1.165, 1.54) is 24.0 Å². The van der Waals surface area contributed by atoms with E-state index in [0.29, 0.717) is 29.8 Å². The summed E-state index contributed by atoms with van der Waals surface area (Å²) in [7, 11) is 0. The average Bonchev–Trinajstić information content (AvgIpc) is 2.73. The summed E-state index contributed by atoms with van der Waals surface area (Å²) in [6, 6.07) is 11.3. The highest BCUT2D eigenvalue weighted by Gasteiger charge is 2.21. The number of rotatable bonds is 7. The van der Waals surface area contributed by atoms with Gasteiger partial charge in [-0.2, -0.15) is 0 Å². The quantitative estimate of drug-likeness (QED) is 0.681. The molecule has 0 radical (unpaired) electrons. The number of amides is 1. The monoisotopic (exact) mass is 395 g/mol. The van der Waals surface area contributed by atoms with Gasteiger partial charge in [-0.05, 0) is 86.9 Å². The Labute approximate surface area is 172 Å². The number of ether oxygens (including phenoxy) is 2. The lowest BCUT2D eigenvalue weighted by molar-refractivity contribution is -0.122. The zero-order valence-corrected chi connectivity index (χ0v) is 17.4. The average molecular weight is 395 g/mol. The van der Waals surface area contributed by atoms with Gasteiger partial charge in [-0.1, -0.05) is 19.1 Å². The second-order valence-corrected chi connectivity index (χ2v) is 7.34. The minimum Gasteiger partial charge on any atom is -0.481 e. The highest BCUT2D eigenvalue weighted by atomic mass is 16.5. The van der Waals surface area contributed by atoms with E-state index in [2.05, 4.69) is 17.4 Å². The van der Waals surface area contributed by atoms with E-state index in [1.54, 1.807) is 32.0 Å². The first-order valence-corrected chi connectivity index (χ1v) is 10.4. The van der Waals surface area contributed by atoms with Crippen molar-refractivity contribution < 1.29 is 19.1 Å². The minimum absolute atomic E-state index is 0.227. The number of hydrogen-bond acceptors (Lipinski definition) is 4. The van der Waals surface area contributed by atoms with Gasteiger partial charge in [-0.15, -0.1) is 0 Å². The van der Waals surface area contributed by atoms with E-state index in [0.717, 1.165) is 18.6 Å². The molecular weight excluding hydrogens is 366 g/mol. The number of carbonyl (C=O) groups excluding carboxylic acids is 2. The van der Waals surface area contributed by atoms with Gasteiger partial charge in [0.05, 0.1) is 12.2 Å². The van der Waals surface area contributed by atoms with Crippen LogP contribution in [-0.2, 0) is 22.4 Å². The number of aryl methyl sites for hydroxylation is 2. The Morgan fingerprint density at radius 2 is 1.83 bits per heavy atom. The molecule has 3 rings (SSSR count). The smallest absolute Gasteiger partial charge is 0.338 e. The summed E-state index contributed by atoms with van der Waals surface area (Å²) in [5, 5.41) is 2.91. The summed E-state index contributed by atoms with van der Waals surface area (Å²) in [6.45, 7) is 5.79. The van der Waals surface area contributed by atoms with Crippen molar-refractivity contribution in [3.8, 4) is 5.75 Å². The molecule has 0 saturated carbocycles. The lowest BCUT2D eigenvalue weighted by Gasteiger charge is -2.21. The predicted molar refractivity (Wildman–Crippen MR) is 114 cm³/mol. The highest BCUT2D eigenvalue weighted by molar-refractivity contribution is 5.98. The number of carbonyl (C=O) groups is 2. The van der Waals surface area contributed by atoms with E-state index in [1.807, 2.05) is 13.0 Å². The van der Waals surface area contributed by atoms with E-state index in [4.69, 9.17) is 9.47 Å².